The summed E-state index contributed by atoms with van der Waals surface area (Å²) in [6, 6.07) is 12.9. The largest absolute Gasteiger partial charge is 0.316 e. The number of non-ortho nitro benzene ring substituents is 1. The van der Waals surface area contributed by atoms with Gasteiger partial charge in [0, 0.05) is 24.9 Å². The van der Waals surface area contributed by atoms with Crippen molar-refractivity contribution in [3.8, 4) is 10.4 Å². The van der Waals surface area contributed by atoms with Crippen LogP contribution in [0.1, 0.15) is 11.3 Å². The van der Waals surface area contributed by atoms with Crippen molar-refractivity contribution >= 4 is 17.0 Å². The van der Waals surface area contributed by atoms with Crippen molar-refractivity contribution < 1.29 is 9.31 Å². The minimum absolute atomic E-state index is 0.0692. The Morgan fingerprint density at radius 3 is 2.60 bits per heavy atom. The van der Waals surface area contributed by atoms with E-state index in [0.717, 1.165) is 26.5 Å². The fourth-order valence-corrected chi connectivity index (χ4v) is 3.76. The van der Waals surface area contributed by atoms with E-state index in [4.69, 9.17) is 0 Å². The van der Waals surface area contributed by atoms with Gasteiger partial charge in [-0.2, -0.15) is 0 Å². The van der Waals surface area contributed by atoms with Crippen LogP contribution in [0.25, 0.3) is 10.4 Å². The Balaban J connectivity index is 2.04. The number of halogens is 1. The van der Waals surface area contributed by atoms with E-state index in [9.17, 15) is 14.5 Å². The van der Waals surface area contributed by atoms with Crippen molar-refractivity contribution in [1.29, 1.82) is 0 Å². The Bertz CT molecular complexity index is 990. The number of nitro benzene ring substituents is 1. The zero-order valence-electron chi connectivity index (χ0n) is 13.8. The molecule has 0 aliphatic rings. The van der Waals surface area contributed by atoms with E-state index in [2.05, 4.69) is 4.99 Å². The highest BCUT2D eigenvalue weighted by molar-refractivity contribution is 7.13. The van der Waals surface area contributed by atoms with Crippen LogP contribution in [-0.2, 0) is 6.54 Å². The smallest absolute Gasteiger partial charge is 0.269 e. The zero-order valence-corrected chi connectivity index (χ0v) is 14.6. The Kier molecular flexibility index (Phi) is 4.76. The summed E-state index contributed by atoms with van der Waals surface area (Å²) in [6.45, 7) is 2.46. The number of hydrogen-bond donors (Lipinski definition) is 0. The van der Waals surface area contributed by atoms with Gasteiger partial charge in [0.2, 0.25) is 0 Å². The van der Waals surface area contributed by atoms with Gasteiger partial charge in [0.1, 0.15) is 5.82 Å². The molecule has 0 saturated carbocycles. The van der Waals surface area contributed by atoms with Crippen LogP contribution >= 0.6 is 11.3 Å². The quantitative estimate of drug-likeness (QED) is 0.520. The first-order chi connectivity index (χ1) is 12.0. The topological polar surface area (TPSA) is 60.4 Å². The van der Waals surface area contributed by atoms with Gasteiger partial charge in [0.25, 0.3) is 5.69 Å². The lowest BCUT2D eigenvalue weighted by Gasteiger charge is -2.07. The normalized spacial score (nSPS) is 11.7. The van der Waals surface area contributed by atoms with E-state index in [0.29, 0.717) is 6.54 Å². The number of rotatable bonds is 4. The van der Waals surface area contributed by atoms with Crippen LogP contribution in [-0.4, -0.2) is 16.5 Å². The number of nitro groups is 1. The molecule has 0 spiro atoms. The average Bonchev–Trinajstić information content (AvgIpc) is 2.92. The molecule has 1 heterocycles. The molecule has 25 heavy (non-hydrogen) atoms. The minimum atomic E-state index is -0.399. The van der Waals surface area contributed by atoms with Gasteiger partial charge < -0.3 is 4.57 Å². The van der Waals surface area contributed by atoms with Crippen LogP contribution in [0.15, 0.2) is 53.5 Å². The van der Waals surface area contributed by atoms with Gasteiger partial charge in [-0.1, -0.05) is 35.6 Å². The fraction of sp³-hybridized carbons (Fsp3) is 0.167. The van der Waals surface area contributed by atoms with Gasteiger partial charge in [-0.25, -0.2) is 4.39 Å². The maximum Gasteiger partial charge on any atom is 0.269 e. The first-order valence-corrected chi connectivity index (χ1v) is 8.43. The second kappa shape index (κ2) is 6.98. The van der Waals surface area contributed by atoms with Crippen molar-refractivity contribution in [3.05, 3.63) is 80.5 Å². The number of nitrogens with zero attached hydrogens (tertiary/aromatic N) is 3. The van der Waals surface area contributed by atoms with Crippen LogP contribution in [0.3, 0.4) is 0 Å². The minimum Gasteiger partial charge on any atom is -0.316 e. The molecule has 0 saturated heterocycles. The van der Waals surface area contributed by atoms with E-state index in [1.807, 2.05) is 17.6 Å². The van der Waals surface area contributed by atoms with Crippen molar-refractivity contribution in [2.24, 2.45) is 4.99 Å². The molecule has 0 N–H and O–H groups in total. The molecule has 0 aliphatic heterocycles. The van der Waals surface area contributed by atoms with Crippen molar-refractivity contribution in [2.75, 3.05) is 7.05 Å². The van der Waals surface area contributed by atoms with Crippen LogP contribution in [0.4, 0.5) is 10.1 Å². The molecule has 7 heteroatoms. The van der Waals surface area contributed by atoms with E-state index in [-0.39, 0.29) is 11.5 Å². The Hall–Kier alpha value is -2.80. The van der Waals surface area contributed by atoms with Crippen LogP contribution in [0.5, 0.6) is 0 Å². The standard InChI is InChI=1S/C18H16FN3O2S/c1-12-17(14-6-8-15(19)9-7-14)25-18(20-2)21(12)11-13-4-3-5-16(10-13)22(23)24/h3-10H,11H2,1-2H3. The van der Waals surface area contributed by atoms with Crippen LogP contribution in [0.2, 0.25) is 0 Å². The Morgan fingerprint density at radius 2 is 1.96 bits per heavy atom. The van der Waals surface area contributed by atoms with E-state index in [1.54, 1.807) is 31.3 Å². The second-order valence-electron chi connectivity index (χ2n) is 5.54. The molecule has 5 nitrogen and oxygen atoms in total. The van der Waals surface area contributed by atoms with Gasteiger partial charge in [-0.15, -0.1) is 0 Å². The highest BCUT2D eigenvalue weighted by Crippen LogP contribution is 2.27. The highest BCUT2D eigenvalue weighted by atomic mass is 32.1. The number of benzene rings is 2. The molecule has 0 fully saturated rings. The molecule has 128 valence electrons. The van der Waals surface area contributed by atoms with Gasteiger partial charge in [0.05, 0.1) is 16.3 Å². The van der Waals surface area contributed by atoms with Gasteiger partial charge in [0.15, 0.2) is 4.80 Å². The van der Waals surface area contributed by atoms with Crippen LogP contribution < -0.4 is 4.80 Å². The molecular weight excluding hydrogens is 341 g/mol. The van der Waals surface area contributed by atoms with Crippen molar-refractivity contribution in [3.63, 3.8) is 0 Å². The predicted octanol–water partition coefficient (Wildman–Crippen LogP) is 4.15. The lowest BCUT2D eigenvalue weighted by Crippen LogP contribution is -2.17. The first-order valence-electron chi connectivity index (χ1n) is 7.62. The highest BCUT2D eigenvalue weighted by Gasteiger charge is 2.13. The number of aromatic nitrogens is 1. The summed E-state index contributed by atoms with van der Waals surface area (Å²) < 4.78 is 15.2. The molecule has 0 atom stereocenters. The molecule has 0 bridgehead atoms. The summed E-state index contributed by atoms with van der Waals surface area (Å²) in [5.41, 5.74) is 2.81. The summed E-state index contributed by atoms with van der Waals surface area (Å²) in [6.07, 6.45) is 0. The van der Waals surface area contributed by atoms with Gasteiger partial charge >= 0.3 is 0 Å². The first kappa shape index (κ1) is 17.0. The summed E-state index contributed by atoms with van der Waals surface area (Å²) >= 11 is 1.51. The summed E-state index contributed by atoms with van der Waals surface area (Å²) in [4.78, 5) is 16.7. The molecule has 3 aromatic rings. The molecule has 0 unspecified atom stereocenters. The van der Waals surface area contributed by atoms with Gasteiger partial charge in [-0.3, -0.25) is 15.1 Å². The SMILES string of the molecule is CN=c1sc(-c2ccc(F)cc2)c(C)n1Cc1cccc([N+](=O)[O-])c1. The van der Waals surface area contributed by atoms with Crippen molar-refractivity contribution in [1.82, 2.24) is 4.57 Å². The van der Waals surface area contributed by atoms with E-state index >= 15 is 0 Å². The Morgan fingerprint density at radius 1 is 1.24 bits per heavy atom. The molecule has 1 aromatic heterocycles. The zero-order chi connectivity index (χ0) is 18.0. The third-order valence-electron chi connectivity index (χ3n) is 3.92. The average molecular weight is 357 g/mol. The predicted molar refractivity (Wildman–Crippen MR) is 96.1 cm³/mol. The number of hydrogen-bond acceptors (Lipinski definition) is 4. The summed E-state index contributed by atoms with van der Waals surface area (Å²) in [5, 5.41) is 11.0. The molecule has 3 rings (SSSR count). The molecule has 2 aromatic carbocycles. The molecule has 0 radical (unpaired) electrons. The van der Waals surface area contributed by atoms with Gasteiger partial charge in [-0.05, 0) is 30.2 Å². The number of thiazole rings is 1. The third-order valence-corrected chi connectivity index (χ3v) is 5.24. The molecular formula is C18H16FN3O2S. The lowest BCUT2D eigenvalue weighted by atomic mass is 10.1. The van der Waals surface area contributed by atoms with Crippen LogP contribution in [0, 0.1) is 22.9 Å². The maximum absolute atomic E-state index is 13.2. The monoisotopic (exact) mass is 357 g/mol. The third kappa shape index (κ3) is 3.51. The van der Waals surface area contributed by atoms with Crippen molar-refractivity contribution in [2.45, 2.75) is 13.5 Å². The summed E-state index contributed by atoms with van der Waals surface area (Å²) in [7, 11) is 1.71. The fourth-order valence-electron chi connectivity index (χ4n) is 2.66. The van der Waals surface area contributed by atoms with E-state index < -0.39 is 4.92 Å². The van der Waals surface area contributed by atoms with E-state index in [1.165, 1.54) is 29.5 Å². The maximum atomic E-state index is 13.2. The lowest BCUT2D eigenvalue weighted by molar-refractivity contribution is -0.384. The second-order valence-corrected chi connectivity index (χ2v) is 6.52. The molecule has 0 aliphatic carbocycles. The Labute approximate surface area is 147 Å². The summed E-state index contributed by atoms with van der Waals surface area (Å²) in [5.74, 6) is -0.275. The molecule has 0 amide bonds.